The molecule has 0 saturated heterocycles. The summed E-state index contributed by atoms with van der Waals surface area (Å²) in [6.07, 6.45) is 6.01. The molecule has 2 aromatic carbocycles. The molecule has 0 spiro atoms. The van der Waals surface area contributed by atoms with Gasteiger partial charge in [-0.25, -0.2) is 14.1 Å². The van der Waals surface area contributed by atoms with Crippen molar-refractivity contribution in [2.75, 3.05) is 26.2 Å². The van der Waals surface area contributed by atoms with Gasteiger partial charge in [-0.05, 0) is 30.5 Å². The van der Waals surface area contributed by atoms with Crippen LogP contribution in [0.15, 0.2) is 67.1 Å². The van der Waals surface area contributed by atoms with Gasteiger partial charge in [0.05, 0.1) is 17.8 Å². The van der Waals surface area contributed by atoms with Crippen molar-refractivity contribution in [3.05, 3.63) is 84.2 Å². The van der Waals surface area contributed by atoms with Crippen molar-refractivity contribution < 1.29 is 23.5 Å². The van der Waals surface area contributed by atoms with Crippen LogP contribution in [0.4, 0.5) is 4.39 Å². The molecule has 3 amide bonds. The predicted molar refractivity (Wildman–Crippen MR) is 164 cm³/mol. The summed E-state index contributed by atoms with van der Waals surface area (Å²) in [5, 5.41) is 14.0. The quantitative estimate of drug-likeness (QED) is 0.352. The summed E-state index contributed by atoms with van der Waals surface area (Å²) in [4.78, 5) is 46.4. The highest BCUT2D eigenvalue weighted by molar-refractivity contribution is 5.99. The number of nitrogens with zero attached hydrogens (tertiary/aromatic N) is 6. The average Bonchev–Trinajstić information content (AvgIpc) is 3.68. The first-order valence-corrected chi connectivity index (χ1v) is 15.0. The predicted octanol–water partition coefficient (Wildman–Crippen LogP) is 2.71. The van der Waals surface area contributed by atoms with Crippen molar-refractivity contribution in [2.24, 2.45) is 5.92 Å². The Bertz CT molecular complexity index is 1620. The maximum absolute atomic E-state index is 14.2. The summed E-state index contributed by atoms with van der Waals surface area (Å²) in [5.41, 5.74) is 1.57. The molecule has 1 aliphatic heterocycles. The van der Waals surface area contributed by atoms with Crippen LogP contribution in [0.3, 0.4) is 0 Å². The lowest BCUT2D eigenvalue weighted by Gasteiger charge is -2.25. The van der Waals surface area contributed by atoms with Gasteiger partial charge < -0.3 is 24.8 Å². The summed E-state index contributed by atoms with van der Waals surface area (Å²) in [7, 11) is 0. The van der Waals surface area contributed by atoms with Gasteiger partial charge in [0.2, 0.25) is 11.8 Å². The largest absolute Gasteiger partial charge is 0.491 e. The standard InChI is InChI=1S/C32H37FN8O4/c1-22(2)18-27-32(44)35-12-14-39(29(42)21-40-15-11-34-30(40)23-6-4-3-5-7-23)13-10-25-20-41(38-37-25)16-17-45-28-9-8-24(33)19-26(28)31(43)36-27/h3-9,11,15,19-20,22,27H,10,12-14,16-18,21H2,1-2H3,(H,35,44)(H,36,43)/t27-/m1/s1. The minimum absolute atomic E-state index is 0.0110. The molecule has 2 N–H and O–H groups in total. The number of hydrogen-bond acceptors (Lipinski definition) is 7. The van der Waals surface area contributed by atoms with Crippen LogP contribution < -0.4 is 15.4 Å². The van der Waals surface area contributed by atoms with Gasteiger partial charge in [0.15, 0.2) is 0 Å². The molecule has 12 nitrogen and oxygen atoms in total. The molecule has 2 aromatic heterocycles. The van der Waals surface area contributed by atoms with E-state index in [9.17, 15) is 18.8 Å². The number of fused-ring (bicyclic) bond motifs is 3. The van der Waals surface area contributed by atoms with E-state index in [1.54, 1.807) is 32.7 Å². The van der Waals surface area contributed by atoms with Crippen molar-refractivity contribution in [1.29, 1.82) is 0 Å². The van der Waals surface area contributed by atoms with Crippen molar-refractivity contribution in [3.8, 4) is 17.1 Å². The molecule has 5 rings (SSSR count). The SMILES string of the molecule is CC(C)C[C@H]1NC(=O)c2cc(F)ccc2OCCn2cc(nn2)CCN(C(=O)Cn2ccnc2-c2ccccc2)CCNC1=O. The average molecular weight is 617 g/mol. The van der Waals surface area contributed by atoms with Crippen molar-refractivity contribution in [3.63, 3.8) is 0 Å². The van der Waals surface area contributed by atoms with E-state index >= 15 is 0 Å². The molecule has 2 bridgehead atoms. The lowest BCUT2D eigenvalue weighted by atomic mass is 10.0. The topological polar surface area (TPSA) is 136 Å². The van der Waals surface area contributed by atoms with Gasteiger partial charge in [0.1, 0.15) is 36.6 Å². The number of halogens is 1. The Morgan fingerprint density at radius 3 is 2.73 bits per heavy atom. The van der Waals surface area contributed by atoms with Crippen LogP contribution in [-0.2, 0) is 29.1 Å². The van der Waals surface area contributed by atoms with E-state index in [0.29, 0.717) is 37.4 Å². The fourth-order valence-electron chi connectivity index (χ4n) is 5.13. The van der Waals surface area contributed by atoms with E-state index in [-0.39, 0.29) is 49.4 Å². The Labute approximate surface area is 260 Å². The molecule has 45 heavy (non-hydrogen) atoms. The molecule has 1 atom stereocenters. The number of carbonyl (C=O) groups excluding carboxylic acids is 3. The molecule has 236 valence electrons. The molecule has 0 saturated carbocycles. The number of benzene rings is 2. The van der Waals surface area contributed by atoms with Crippen molar-refractivity contribution in [1.82, 2.24) is 40.1 Å². The number of hydrogen-bond donors (Lipinski definition) is 2. The molecule has 0 aliphatic carbocycles. The number of aromatic nitrogens is 5. The first kappa shape index (κ1) is 31.4. The number of carbonyl (C=O) groups is 3. The summed E-state index contributed by atoms with van der Waals surface area (Å²) >= 11 is 0. The maximum Gasteiger partial charge on any atom is 0.255 e. The Morgan fingerprint density at radius 2 is 1.93 bits per heavy atom. The smallest absolute Gasteiger partial charge is 0.255 e. The maximum atomic E-state index is 14.2. The number of ether oxygens (including phenoxy) is 1. The minimum Gasteiger partial charge on any atom is -0.491 e. The normalized spacial score (nSPS) is 16.6. The Balaban J connectivity index is 1.36. The van der Waals surface area contributed by atoms with Crippen LogP contribution in [0.1, 0.15) is 36.3 Å². The van der Waals surface area contributed by atoms with Gasteiger partial charge in [0.25, 0.3) is 5.91 Å². The highest BCUT2D eigenvalue weighted by Gasteiger charge is 2.25. The van der Waals surface area contributed by atoms with Gasteiger partial charge in [0, 0.05) is 50.2 Å². The first-order chi connectivity index (χ1) is 21.8. The molecule has 0 radical (unpaired) electrons. The summed E-state index contributed by atoms with van der Waals surface area (Å²) in [6, 6.07) is 12.4. The zero-order valence-corrected chi connectivity index (χ0v) is 25.4. The van der Waals surface area contributed by atoms with Crippen LogP contribution in [0.25, 0.3) is 11.4 Å². The fourth-order valence-corrected chi connectivity index (χ4v) is 5.13. The lowest BCUT2D eigenvalue weighted by molar-refractivity contribution is -0.132. The minimum atomic E-state index is -0.874. The fraction of sp³-hybridized carbons (Fsp3) is 0.375. The third kappa shape index (κ3) is 8.31. The number of amides is 3. The Hall–Kier alpha value is -5.07. The summed E-state index contributed by atoms with van der Waals surface area (Å²) < 4.78 is 23.4. The number of nitrogens with one attached hydrogen (secondary N) is 2. The molecule has 4 aromatic rings. The van der Waals surface area contributed by atoms with Gasteiger partial charge in [-0.3, -0.25) is 14.4 Å². The molecular formula is C32H37FN8O4. The molecular weight excluding hydrogens is 579 g/mol. The molecule has 3 heterocycles. The van der Waals surface area contributed by atoms with Crippen LogP contribution in [0.5, 0.6) is 5.75 Å². The van der Waals surface area contributed by atoms with Gasteiger partial charge >= 0.3 is 0 Å². The van der Waals surface area contributed by atoms with E-state index in [1.165, 1.54) is 12.1 Å². The van der Waals surface area contributed by atoms with E-state index in [2.05, 4.69) is 25.9 Å². The third-order valence-electron chi connectivity index (χ3n) is 7.40. The van der Waals surface area contributed by atoms with Crippen LogP contribution >= 0.6 is 0 Å². The molecule has 0 unspecified atom stereocenters. The van der Waals surface area contributed by atoms with Crippen LogP contribution in [0.2, 0.25) is 0 Å². The van der Waals surface area contributed by atoms with Gasteiger partial charge in [-0.1, -0.05) is 49.4 Å². The van der Waals surface area contributed by atoms with E-state index in [0.717, 1.165) is 11.6 Å². The van der Waals surface area contributed by atoms with E-state index in [4.69, 9.17) is 4.74 Å². The Kier molecular flexibility index (Phi) is 10.2. The molecule has 1 aliphatic rings. The third-order valence-corrected chi connectivity index (χ3v) is 7.40. The molecule has 13 heteroatoms. The summed E-state index contributed by atoms with van der Waals surface area (Å²) in [6.45, 7) is 5.16. The van der Waals surface area contributed by atoms with E-state index in [1.807, 2.05) is 44.2 Å². The second-order valence-electron chi connectivity index (χ2n) is 11.3. The van der Waals surface area contributed by atoms with Gasteiger partial charge in [-0.2, -0.15) is 0 Å². The highest BCUT2D eigenvalue weighted by Crippen LogP contribution is 2.21. The lowest BCUT2D eigenvalue weighted by Crippen LogP contribution is -2.49. The van der Waals surface area contributed by atoms with Gasteiger partial charge in [-0.15, -0.1) is 5.10 Å². The summed E-state index contributed by atoms with van der Waals surface area (Å²) in [5.74, 6) is -0.815. The number of imidazole rings is 1. The van der Waals surface area contributed by atoms with E-state index < -0.39 is 23.7 Å². The number of rotatable bonds is 5. The van der Waals surface area contributed by atoms with Crippen molar-refractivity contribution >= 4 is 17.7 Å². The Morgan fingerprint density at radius 1 is 1.11 bits per heavy atom. The van der Waals surface area contributed by atoms with Crippen molar-refractivity contribution in [2.45, 2.75) is 45.8 Å². The van der Waals surface area contributed by atoms with Crippen LogP contribution in [0, 0.1) is 11.7 Å². The monoisotopic (exact) mass is 616 g/mol. The second-order valence-corrected chi connectivity index (χ2v) is 11.3. The first-order valence-electron chi connectivity index (χ1n) is 15.0. The highest BCUT2D eigenvalue weighted by atomic mass is 19.1. The zero-order valence-electron chi connectivity index (χ0n) is 25.4. The zero-order chi connectivity index (χ0) is 31.8. The molecule has 0 fully saturated rings. The second kappa shape index (κ2) is 14.6. The van der Waals surface area contributed by atoms with Crippen LogP contribution in [-0.4, -0.2) is 79.4 Å².